The van der Waals surface area contributed by atoms with E-state index in [2.05, 4.69) is 5.16 Å². The lowest BCUT2D eigenvalue weighted by atomic mass is 10.1. The largest absolute Gasteiger partial charge is 0.478 e. The molecule has 0 atom stereocenters. The van der Waals surface area contributed by atoms with E-state index in [0.29, 0.717) is 22.8 Å². The van der Waals surface area contributed by atoms with E-state index in [1.807, 2.05) is 32.0 Å². The molecular weight excluding hydrogens is 337 g/mol. The molecule has 0 bridgehead atoms. The quantitative estimate of drug-likeness (QED) is 0.548. The smallest absolute Gasteiger partial charge is 0.338 e. The molecule has 130 valence electrons. The van der Waals surface area contributed by atoms with Gasteiger partial charge in [-0.25, -0.2) is 9.18 Å². The highest BCUT2D eigenvalue weighted by Gasteiger charge is 2.17. The summed E-state index contributed by atoms with van der Waals surface area (Å²) in [5.41, 5.74) is 3.40. The molecule has 2 aromatic heterocycles. The topological polar surface area (TPSA) is 76.5 Å². The number of rotatable bonds is 3. The Morgan fingerprint density at radius 1 is 1.04 bits per heavy atom. The van der Waals surface area contributed by atoms with Crippen molar-refractivity contribution in [2.75, 3.05) is 0 Å². The summed E-state index contributed by atoms with van der Waals surface area (Å²) in [5.74, 6) is -1.27. The molecule has 4 aromatic rings. The Morgan fingerprint density at radius 2 is 1.81 bits per heavy atom. The van der Waals surface area contributed by atoms with Gasteiger partial charge < -0.3 is 14.0 Å². The minimum atomic E-state index is -1.32. The summed E-state index contributed by atoms with van der Waals surface area (Å²) in [7, 11) is 0. The highest BCUT2D eigenvalue weighted by molar-refractivity contribution is 5.89. The number of carbonyl (C=O) groups is 1. The Hall–Kier alpha value is -3.41. The van der Waals surface area contributed by atoms with Crippen molar-refractivity contribution >= 4 is 16.9 Å². The summed E-state index contributed by atoms with van der Waals surface area (Å²) in [6.07, 6.45) is 0. The Bertz CT molecular complexity index is 1120. The Kier molecular flexibility index (Phi) is 3.61. The minimum absolute atomic E-state index is 0.324. The zero-order valence-electron chi connectivity index (χ0n) is 14.0. The van der Waals surface area contributed by atoms with Gasteiger partial charge in [0.15, 0.2) is 11.5 Å². The zero-order valence-corrected chi connectivity index (χ0v) is 14.0. The number of aromatic carboxylic acids is 1. The average molecular weight is 351 g/mol. The fraction of sp³-hybridized carbons (Fsp3) is 0.100. The molecule has 0 fully saturated rings. The Labute approximate surface area is 147 Å². The summed E-state index contributed by atoms with van der Waals surface area (Å²) in [5, 5.41) is 13.9. The van der Waals surface area contributed by atoms with Gasteiger partial charge in [0.05, 0.1) is 5.56 Å². The maximum absolute atomic E-state index is 13.9. The van der Waals surface area contributed by atoms with Crippen molar-refractivity contribution in [2.45, 2.75) is 13.8 Å². The number of aromatic nitrogens is 1. The third-order valence-electron chi connectivity index (χ3n) is 4.35. The lowest BCUT2D eigenvalue weighted by molar-refractivity contribution is 0.0692. The second kappa shape index (κ2) is 5.84. The molecule has 0 unspecified atom stereocenters. The standard InChI is InChI=1S/C20H14FNO4/c1-10-3-4-11(2)19-14(10)8-18(25-19)16-9-17(26-22-16)12-5-6-13(20(23)24)15(21)7-12/h3-9H,1-2H3,(H,23,24). The van der Waals surface area contributed by atoms with Gasteiger partial charge in [0.1, 0.15) is 17.1 Å². The number of benzene rings is 2. The van der Waals surface area contributed by atoms with Gasteiger partial charge in [0, 0.05) is 17.0 Å². The number of aryl methyl sites for hydroxylation is 2. The molecule has 1 N–H and O–H groups in total. The summed E-state index contributed by atoms with van der Waals surface area (Å²) in [6.45, 7) is 3.97. The van der Waals surface area contributed by atoms with Crippen LogP contribution in [0.3, 0.4) is 0 Å². The van der Waals surface area contributed by atoms with E-state index in [1.54, 1.807) is 6.07 Å². The van der Waals surface area contributed by atoms with E-state index < -0.39 is 17.3 Å². The number of nitrogens with zero attached hydrogens (tertiary/aromatic N) is 1. The van der Waals surface area contributed by atoms with E-state index in [4.69, 9.17) is 14.0 Å². The molecule has 6 heteroatoms. The fourth-order valence-electron chi connectivity index (χ4n) is 2.89. The molecule has 0 spiro atoms. The summed E-state index contributed by atoms with van der Waals surface area (Å²) < 4.78 is 25.1. The highest BCUT2D eigenvalue weighted by atomic mass is 19.1. The van der Waals surface area contributed by atoms with Gasteiger partial charge >= 0.3 is 5.97 Å². The maximum atomic E-state index is 13.9. The number of halogens is 1. The second-order valence-electron chi connectivity index (χ2n) is 6.13. The molecule has 26 heavy (non-hydrogen) atoms. The molecule has 0 aliphatic carbocycles. The molecular formula is C20H14FNO4. The van der Waals surface area contributed by atoms with Crippen LogP contribution in [0.4, 0.5) is 4.39 Å². The Balaban J connectivity index is 1.75. The molecule has 4 rings (SSSR count). The molecule has 0 radical (unpaired) electrons. The summed E-state index contributed by atoms with van der Waals surface area (Å²) in [6, 6.07) is 11.3. The summed E-state index contributed by atoms with van der Waals surface area (Å²) >= 11 is 0. The number of fused-ring (bicyclic) bond motifs is 1. The molecule has 2 aromatic carbocycles. The number of furan rings is 1. The van der Waals surface area contributed by atoms with E-state index in [9.17, 15) is 9.18 Å². The number of hydrogen-bond acceptors (Lipinski definition) is 4. The maximum Gasteiger partial charge on any atom is 0.338 e. The number of carboxylic acid groups (broad SMARTS) is 1. The van der Waals surface area contributed by atoms with Crippen LogP contribution in [-0.4, -0.2) is 16.2 Å². The van der Waals surface area contributed by atoms with Crippen LogP contribution in [-0.2, 0) is 0 Å². The lowest BCUT2D eigenvalue weighted by Crippen LogP contribution is -1.99. The van der Waals surface area contributed by atoms with Gasteiger partial charge in [-0.1, -0.05) is 23.4 Å². The van der Waals surface area contributed by atoms with Crippen molar-refractivity contribution in [1.82, 2.24) is 5.16 Å². The van der Waals surface area contributed by atoms with Crippen LogP contribution in [0.1, 0.15) is 21.5 Å². The number of carboxylic acids is 1. The molecule has 0 saturated carbocycles. The van der Waals surface area contributed by atoms with Crippen molar-refractivity contribution in [2.24, 2.45) is 0 Å². The first-order chi connectivity index (χ1) is 12.4. The fourth-order valence-corrected chi connectivity index (χ4v) is 2.89. The van der Waals surface area contributed by atoms with Crippen LogP contribution >= 0.6 is 0 Å². The molecule has 0 aliphatic rings. The monoisotopic (exact) mass is 351 g/mol. The zero-order chi connectivity index (χ0) is 18.4. The first-order valence-electron chi connectivity index (χ1n) is 7.94. The first kappa shape index (κ1) is 16.1. The normalized spacial score (nSPS) is 11.2. The van der Waals surface area contributed by atoms with Gasteiger partial charge in [-0.05, 0) is 43.2 Å². The van der Waals surface area contributed by atoms with Crippen molar-refractivity contribution in [1.29, 1.82) is 0 Å². The average Bonchev–Trinajstić information content (AvgIpc) is 3.25. The van der Waals surface area contributed by atoms with Gasteiger partial charge in [-0.2, -0.15) is 0 Å². The van der Waals surface area contributed by atoms with Gasteiger partial charge in [0.2, 0.25) is 0 Å². The van der Waals surface area contributed by atoms with Gasteiger partial charge in [0.25, 0.3) is 0 Å². The number of hydrogen-bond donors (Lipinski definition) is 1. The van der Waals surface area contributed by atoms with Gasteiger partial charge in [-0.3, -0.25) is 0 Å². The second-order valence-corrected chi connectivity index (χ2v) is 6.13. The highest BCUT2D eigenvalue weighted by Crippen LogP contribution is 2.33. The third-order valence-corrected chi connectivity index (χ3v) is 4.35. The van der Waals surface area contributed by atoms with Crippen LogP contribution in [0.2, 0.25) is 0 Å². The SMILES string of the molecule is Cc1ccc(C)c2oc(-c3cc(-c4ccc(C(=O)O)c(F)c4)on3)cc12. The van der Waals surface area contributed by atoms with Crippen LogP contribution in [0.25, 0.3) is 33.7 Å². The molecule has 5 nitrogen and oxygen atoms in total. The van der Waals surface area contributed by atoms with Crippen LogP contribution in [0, 0.1) is 19.7 Å². The lowest BCUT2D eigenvalue weighted by Gasteiger charge is -1.99. The third kappa shape index (κ3) is 2.56. The molecule has 0 amide bonds. The Morgan fingerprint density at radius 3 is 2.50 bits per heavy atom. The molecule has 0 aliphatic heterocycles. The molecule has 2 heterocycles. The van der Waals surface area contributed by atoms with E-state index in [0.717, 1.165) is 28.2 Å². The van der Waals surface area contributed by atoms with Crippen molar-refractivity contribution in [3.8, 4) is 22.8 Å². The first-order valence-corrected chi connectivity index (χ1v) is 7.94. The van der Waals surface area contributed by atoms with E-state index in [-0.39, 0.29) is 0 Å². The van der Waals surface area contributed by atoms with Gasteiger partial charge in [-0.15, -0.1) is 0 Å². The minimum Gasteiger partial charge on any atom is -0.478 e. The summed E-state index contributed by atoms with van der Waals surface area (Å²) in [4.78, 5) is 10.9. The van der Waals surface area contributed by atoms with Crippen LogP contribution in [0.15, 0.2) is 51.4 Å². The van der Waals surface area contributed by atoms with Crippen LogP contribution < -0.4 is 0 Å². The van der Waals surface area contributed by atoms with Crippen LogP contribution in [0.5, 0.6) is 0 Å². The predicted octanol–water partition coefficient (Wildman–Crippen LogP) is 5.21. The predicted molar refractivity (Wildman–Crippen MR) is 93.5 cm³/mol. The van der Waals surface area contributed by atoms with Crippen molar-refractivity contribution < 1.29 is 23.2 Å². The van der Waals surface area contributed by atoms with E-state index in [1.165, 1.54) is 12.1 Å². The molecule has 0 saturated heterocycles. The van der Waals surface area contributed by atoms with E-state index >= 15 is 0 Å². The van der Waals surface area contributed by atoms with Crippen molar-refractivity contribution in [3.05, 3.63) is 65.0 Å². The van der Waals surface area contributed by atoms with Crippen molar-refractivity contribution in [3.63, 3.8) is 0 Å².